The zero-order chi connectivity index (χ0) is 15.2. The van der Waals surface area contributed by atoms with E-state index in [4.69, 9.17) is 0 Å². The molecule has 0 aliphatic heterocycles. The number of nitrogens with zero attached hydrogens (tertiary/aromatic N) is 2. The number of benzene rings is 1. The van der Waals surface area contributed by atoms with Crippen molar-refractivity contribution in [1.82, 2.24) is 9.80 Å². The van der Waals surface area contributed by atoms with Crippen molar-refractivity contribution in [3.05, 3.63) is 35.4 Å². The van der Waals surface area contributed by atoms with Crippen LogP contribution in [0.15, 0.2) is 24.3 Å². The van der Waals surface area contributed by atoms with Crippen LogP contribution in [0, 0.1) is 0 Å². The second kappa shape index (κ2) is 7.80. The van der Waals surface area contributed by atoms with Crippen LogP contribution in [-0.4, -0.2) is 43.5 Å². The van der Waals surface area contributed by atoms with Crippen molar-refractivity contribution < 1.29 is 0 Å². The first-order valence-electron chi connectivity index (χ1n) is 7.79. The van der Waals surface area contributed by atoms with Crippen LogP contribution >= 0.6 is 0 Å². The Balaban J connectivity index is 2.40. The van der Waals surface area contributed by atoms with E-state index in [1.807, 2.05) is 0 Å². The molecule has 0 aromatic heterocycles. The Labute approximate surface area is 125 Å². The minimum absolute atomic E-state index is 0.245. The standard InChI is InChI=1S/C18H32N2/c1-7-19(5)13-8-14-20(6)15-16-9-11-17(12-10-16)18(2,3)4/h9-12H,7-8,13-15H2,1-6H3. The second-order valence-corrected chi connectivity index (χ2v) is 6.93. The molecule has 114 valence electrons. The molecule has 0 heterocycles. The lowest BCUT2D eigenvalue weighted by Gasteiger charge is -2.21. The summed E-state index contributed by atoms with van der Waals surface area (Å²) in [6.07, 6.45) is 1.24. The van der Waals surface area contributed by atoms with Gasteiger partial charge in [0.15, 0.2) is 0 Å². The van der Waals surface area contributed by atoms with Gasteiger partial charge in [-0.1, -0.05) is 52.0 Å². The summed E-state index contributed by atoms with van der Waals surface area (Å²) >= 11 is 0. The molecular formula is C18H32N2. The van der Waals surface area contributed by atoms with Crippen LogP contribution in [0.2, 0.25) is 0 Å². The van der Waals surface area contributed by atoms with E-state index < -0.39 is 0 Å². The molecule has 0 spiro atoms. The predicted molar refractivity (Wildman–Crippen MR) is 89.3 cm³/mol. The maximum absolute atomic E-state index is 2.41. The SMILES string of the molecule is CCN(C)CCCN(C)Cc1ccc(C(C)(C)C)cc1. The van der Waals surface area contributed by atoms with E-state index in [0.717, 1.165) is 19.6 Å². The summed E-state index contributed by atoms with van der Waals surface area (Å²) in [5.74, 6) is 0. The largest absolute Gasteiger partial charge is 0.307 e. The Kier molecular flexibility index (Phi) is 6.70. The molecule has 2 nitrogen and oxygen atoms in total. The molecular weight excluding hydrogens is 244 g/mol. The van der Waals surface area contributed by atoms with Gasteiger partial charge in [0.05, 0.1) is 0 Å². The van der Waals surface area contributed by atoms with Crippen LogP contribution in [0.4, 0.5) is 0 Å². The van der Waals surface area contributed by atoms with E-state index in [-0.39, 0.29) is 5.41 Å². The van der Waals surface area contributed by atoms with Gasteiger partial charge in [0.1, 0.15) is 0 Å². The van der Waals surface area contributed by atoms with Crippen molar-refractivity contribution in [1.29, 1.82) is 0 Å². The Bertz CT molecular complexity index is 375. The molecule has 1 aromatic carbocycles. The molecule has 0 saturated carbocycles. The van der Waals surface area contributed by atoms with Crippen LogP contribution in [0.25, 0.3) is 0 Å². The lowest BCUT2D eigenvalue weighted by molar-refractivity contribution is 0.280. The highest BCUT2D eigenvalue weighted by molar-refractivity contribution is 5.27. The molecule has 0 N–H and O–H groups in total. The van der Waals surface area contributed by atoms with E-state index in [9.17, 15) is 0 Å². The van der Waals surface area contributed by atoms with Crippen LogP contribution in [0.5, 0.6) is 0 Å². The Hall–Kier alpha value is -0.860. The second-order valence-electron chi connectivity index (χ2n) is 6.93. The first-order chi connectivity index (χ1) is 9.32. The van der Waals surface area contributed by atoms with Gasteiger partial charge in [0.25, 0.3) is 0 Å². The topological polar surface area (TPSA) is 6.48 Å². The Morgan fingerprint density at radius 3 is 1.95 bits per heavy atom. The monoisotopic (exact) mass is 276 g/mol. The molecule has 0 bridgehead atoms. The lowest BCUT2D eigenvalue weighted by Crippen LogP contribution is -2.25. The summed E-state index contributed by atoms with van der Waals surface area (Å²) in [6.45, 7) is 13.5. The van der Waals surface area contributed by atoms with Crippen LogP contribution in [-0.2, 0) is 12.0 Å². The van der Waals surface area contributed by atoms with E-state index in [1.165, 1.54) is 24.1 Å². The van der Waals surface area contributed by atoms with Crippen LogP contribution in [0.1, 0.15) is 45.2 Å². The van der Waals surface area contributed by atoms with Crippen molar-refractivity contribution in [2.45, 2.75) is 46.1 Å². The average Bonchev–Trinajstić information content (AvgIpc) is 2.38. The summed E-state index contributed by atoms with van der Waals surface area (Å²) in [7, 11) is 4.40. The normalized spacial score (nSPS) is 12.4. The van der Waals surface area contributed by atoms with E-state index >= 15 is 0 Å². The molecule has 0 amide bonds. The molecule has 1 rings (SSSR count). The highest BCUT2D eigenvalue weighted by Gasteiger charge is 2.12. The first kappa shape index (κ1) is 17.2. The molecule has 0 atom stereocenters. The number of hydrogen-bond donors (Lipinski definition) is 0. The summed E-state index contributed by atoms with van der Waals surface area (Å²) in [5, 5.41) is 0. The third-order valence-corrected chi connectivity index (χ3v) is 3.89. The Morgan fingerprint density at radius 1 is 0.900 bits per heavy atom. The van der Waals surface area contributed by atoms with Crippen molar-refractivity contribution >= 4 is 0 Å². The quantitative estimate of drug-likeness (QED) is 0.748. The van der Waals surface area contributed by atoms with E-state index in [0.29, 0.717) is 0 Å². The fourth-order valence-electron chi connectivity index (χ4n) is 2.27. The van der Waals surface area contributed by atoms with Gasteiger partial charge in [-0.2, -0.15) is 0 Å². The zero-order valence-corrected chi connectivity index (χ0v) is 14.2. The smallest absolute Gasteiger partial charge is 0.0230 e. The molecule has 0 radical (unpaired) electrons. The van der Waals surface area contributed by atoms with E-state index in [1.54, 1.807) is 0 Å². The highest BCUT2D eigenvalue weighted by atomic mass is 15.1. The third kappa shape index (κ3) is 6.06. The maximum Gasteiger partial charge on any atom is 0.0230 e. The summed E-state index contributed by atoms with van der Waals surface area (Å²) in [4.78, 5) is 4.78. The third-order valence-electron chi connectivity index (χ3n) is 3.89. The molecule has 1 aromatic rings. The summed E-state index contributed by atoms with van der Waals surface area (Å²) < 4.78 is 0. The van der Waals surface area contributed by atoms with Gasteiger partial charge < -0.3 is 9.80 Å². The van der Waals surface area contributed by atoms with Gasteiger partial charge in [-0.3, -0.25) is 0 Å². The summed E-state index contributed by atoms with van der Waals surface area (Å²) in [6, 6.07) is 9.09. The number of rotatable bonds is 7. The van der Waals surface area contributed by atoms with Crippen molar-refractivity contribution in [2.24, 2.45) is 0 Å². The number of hydrogen-bond acceptors (Lipinski definition) is 2. The fraction of sp³-hybridized carbons (Fsp3) is 0.667. The van der Waals surface area contributed by atoms with Crippen LogP contribution in [0.3, 0.4) is 0 Å². The Morgan fingerprint density at radius 2 is 1.45 bits per heavy atom. The molecule has 0 aliphatic carbocycles. The minimum atomic E-state index is 0.245. The fourth-order valence-corrected chi connectivity index (χ4v) is 2.27. The molecule has 0 saturated heterocycles. The van der Waals surface area contributed by atoms with Gasteiger partial charge in [-0.25, -0.2) is 0 Å². The van der Waals surface area contributed by atoms with Crippen molar-refractivity contribution in [3.8, 4) is 0 Å². The molecule has 0 aliphatic rings. The lowest BCUT2D eigenvalue weighted by atomic mass is 9.87. The minimum Gasteiger partial charge on any atom is -0.307 e. The van der Waals surface area contributed by atoms with E-state index in [2.05, 4.69) is 75.9 Å². The van der Waals surface area contributed by atoms with Crippen molar-refractivity contribution in [2.75, 3.05) is 33.7 Å². The van der Waals surface area contributed by atoms with Crippen LogP contribution < -0.4 is 0 Å². The average molecular weight is 276 g/mol. The van der Waals surface area contributed by atoms with Gasteiger partial charge in [0.2, 0.25) is 0 Å². The molecule has 2 heteroatoms. The molecule has 0 fully saturated rings. The van der Waals surface area contributed by atoms with Crippen molar-refractivity contribution in [3.63, 3.8) is 0 Å². The van der Waals surface area contributed by atoms with Gasteiger partial charge in [0, 0.05) is 6.54 Å². The molecule has 20 heavy (non-hydrogen) atoms. The van der Waals surface area contributed by atoms with Gasteiger partial charge in [-0.05, 0) is 56.7 Å². The predicted octanol–water partition coefficient (Wildman–Crippen LogP) is 3.76. The zero-order valence-electron chi connectivity index (χ0n) is 14.2. The van der Waals surface area contributed by atoms with Gasteiger partial charge in [-0.15, -0.1) is 0 Å². The highest BCUT2D eigenvalue weighted by Crippen LogP contribution is 2.22. The first-order valence-corrected chi connectivity index (χ1v) is 7.79. The maximum atomic E-state index is 2.41. The summed E-state index contributed by atoms with van der Waals surface area (Å²) in [5.41, 5.74) is 3.06. The molecule has 0 unspecified atom stereocenters. The van der Waals surface area contributed by atoms with Gasteiger partial charge >= 0.3 is 0 Å².